The van der Waals surface area contributed by atoms with E-state index in [-0.39, 0.29) is 27.7 Å². The zero-order valence-electron chi connectivity index (χ0n) is 21.7. The van der Waals surface area contributed by atoms with Crippen LogP contribution in [0.4, 0.5) is 17.1 Å². The van der Waals surface area contributed by atoms with Crippen molar-refractivity contribution in [1.29, 1.82) is 0 Å². The molecule has 3 heterocycles. The van der Waals surface area contributed by atoms with Gasteiger partial charge in [-0.3, -0.25) is 29.3 Å². The number of phenolic OH excluding ortho intramolecular Hbond substituents is 1. The molecule has 43 heavy (non-hydrogen) atoms. The van der Waals surface area contributed by atoms with E-state index in [0.717, 1.165) is 28.0 Å². The highest BCUT2D eigenvalue weighted by atomic mass is 35.5. The number of aromatic amines is 1. The van der Waals surface area contributed by atoms with E-state index in [1.165, 1.54) is 48.5 Å². The lowest BCUT2D eigenvalue weighted by molar-refractivity contribution is -0.384. The number of aromatic nitrogens is 1. The lowest BCUT2D eigenvalue weighted by Crippen LogP contribution is -2.32. The van der Waals surface area contributed by atoms with Crippen molar-refractivity contribution in [2.75, 3.05) is 16.8 Å². The molecule has 2 aliphatic heterocycles. The predicted octanol–water partition coefficient (Wildman–Crippen LogP) is 4.52. The van der Waals surface area contributed by atoms with Crippen LogP contribution in [-0.2, 0) is 14.4 Å². The Morgan fingerprint density at radius 2 is 1.79 bits per heavy atom. The standard InChI is InChI=1S/C28H19ClN4O8S2/c29-13-1-10-19(41-12-20(35)30-14-2-8-17(34)9-3-14)18(11-13)21-22-24(42-25-23(21)43-28(38)31-25)27(37)32(26(22)36)15-4-6-16(7-5-15)33(39)40/h1-11,21-22,24,34H,12H2,(H,30,35)(H,31,38)/t21-,22-,24+/m0/s1. The second-order valence-corrected chi connectivity index (χ2v) is 12.2. The van der Waals surface area contributed by atoms with Crippen molar-refractivity contribution >= 4 is 69.5 Å². The summed E-state index contributed by atoms with van der Waals surface area (Å²) in [5.41, 5.74) is 0.837. The zero-order valence-corrected chi connectivity index (χ0v) is 24.1. The van der Waals surface area contributed by atoms with Gasteiger partial charge in [-0.1, -0.05) is 34.7 Å². The molecule has 1 aromatic heterocycles. The van der Waals surface area contributed by atoms with E-state index >= 15 is 0 Å². The molecular weight excluding hydrogens is 620 g/mol. The number of fused-ring (bicyclic) bond motifs is 2. The fourth-order valence-corrected chi connectivity index (χ4v) is 7.80. The fourth-order valence-electron chi connectivity index (χ4n) is 5.11. The first-order chi connectivity index (χ1) is 20.6. The maximum atomic E-state index is 14.0. The number of halogens is 1. The number of nitrogens with zero attached hydrogens (tertiary/aromatic N) is 2. The number of nitro benzene ring substituents is 1. The van der Waals surface area contributed by atoms with Gasteiger partial charge in [0, 0.05) is 39.2 Å². The Morgan fingerprint density at radius 3 is 2.49 bits per heavy atom. The number of nitro groups is 1. The molecule has 15 heteroatoms. The maximum Gasteiger partial charge on any atom is 0.305 e. The molecule has 3 N–H and O–H groups in total. The molecule has 6 rings (SSSR count). The smallest absolute Gasteiger partial charge is 0.305 e. The number of hydrogen-bond donors (Lipinski definition) is 3. The lowest BCUT2D eigenvalue weighted by atomic mass is 9.82. The molecule has 3 atom stereocenters. The summed E-state index contributed by atoms with van der Waals surface area (Å²) >= 11 is 8.36. The molecule has 0 spiro atoms. The van der Waals surface area contributed by atoms with Gasteiger partial charge in [0.15, 0.2) is 6.61 Å². The van der Waals surface area contributed by atoms with Gasteiger partial charge in [-0.25, -0.2) is 4.90 Å². The van der Waals surface area contributed by atoms with Crippen molar-refractivity contribution in [2.45, 2.75) is 16.2 Å². The van der Waals surface area contributed by atoms with Crippen molar-refractivity contribution in [3.63, 3.8) is 0 Å². The number of thioether (sulfide) groups is 1. The number of ether oxygens (including phenoxy) is 1. The van der Waals surface area contributed by atoms with Gasteiger partial charge in [-0.2, -0.15) is 0 Å². The van der Waals surface area contributed by atoms with E-state index in [2.05, 4.69) is 10.3 Å². The quantitative estimate of drug-likeness (QED) is 0.114. The van der Waals surface area contributed by atoms with Crippen LogP contribution < -0.4 is 19.8 Å². The maximum absolute atomic E-state index is 14.0. The molecule has 0 aliphatic carbocycles. The number of non-ortho nitro benzene ring substituents is 1. The summed E-state index contributed by atoms with van der Waals surface area (Å²) in [6, 6.07) is 15.7. The molecule has 1 fully saturated rings. The van der Waals surface area contributed by atoms with Gasteiger partial charge in [0.05, 0.1) is 21.6 Å². The molecule has 0 saturated carbocycles. The van der Waals surface area contributed by atoms with Gasteiger partial charge in [-0.05, 0) is 54.6 Å². The van der Waals surface area contributed by atoms with E-state index in [0.29, 0.717) is 26.2 Å². The van der Waals surface area contributed by atoms with Crippen LogP contribution in [0.3, 0.4) is 0 Å². The Balaban J connectivity index is 1.35. The normalized spacial score (nSPS) is 19.1. The highest BCUT2D eigenvalue weighted by Gasteiger charge is 2.57. The molecule has 0 unspecified atom stereocenters. The first-order valence-corrected chi connectivity index (χ1v) is 14.7. The summed E-state index contributed by atoms with van der Waals surface area (Å²) in [5.74, 6) is -3.12. The van der Waals surface area contributed by atoms with E-state index in [9.17, 15) is 34.4 Å². The number of H-pyrrole nitrogens is 1. The average Bonchev–Trinajstić information content (AvgIpc) is 3.47. The number of amides is 3. The van der Waals surface area contributed by atoms with Crippen molar-refractivity contribution in [2.24, 2.45) is 5.92 Å². The predicted molar refractivity (Wildman–Crippen MR) is 159 cm³/mol. The highest BCUT2D eigenvalue weighted by Crippen LogP contribution is 2.54. The Kier molecular flexibility index (Phi) is 7.42. The van der Waals surface area contributed by atoms with Gasteiger partial charge >= 0.3 is 4.87 Å². The van der Waals surface area contributed by atoms with Crippen molar-refractivity contribution in [1.82, 2.24) is 4.98 Å². The first kappa shape index (κ1) is 28.5. The second-order valence-electron chi connectivity index (χ2n) is 9.60. The average molecular weight is 639 g/mol. The molecule has 4 aromatic rings. The summed E-state index contributed by atoms with van der Waals surface area (Å²) in [5, 5.41) is 23.1. The van der Waals surface area contributed by atoms with Crippen LogP contribution in [0.5, 0.6) is 11.5 Å². The van der Waals surface area contributed by atoms with E-state index < -0.39 is 46.3 Å². The Bertz CT molecular complexity index is 1840. The summed E-state index contributed by atoms with van der Waals surface area (Å²) in [6.45, 7) is -0.414. The summed E-state index contributed by atoms with van der Waals surface area (Å²) in [6.07, 6.45) is 0. The number of rotatable bonds is 7. The van der Waals surface area contributed by atoms with Crippen molar-refractivity contribution < 1.29 is 29.2 Å². The van der Waals surface area contributed by atoms with Crippen LogP contribution in [0, 0.1) is 16.0 Å². The number of imide groups is 1. The van der Waals surface area contributed by atoms with Gasteiger partial charge in [0.2, 0.25) is 11.8 Å². The highest BCUT2D eigenvalue weighted by molar-refractivity contribution is 8.00. The summed E-state index contributed by atoms with van der Waals surface area (Å²) < 4.78 is 5.90. The number of hydrogen-bond acceptors (Lipinski definition) is 10. The Labute approximate surface area is 255 Å². The molecule has 1 saturated heterocycles. The van der Waals surface area contributed by atoms with Crippen molar-refractivity contribution in [3.05, 3.63) is 102 Å². The molecule has 3 amide bonds. The lowest BCUT2D eigenvalue weighted by Gasteiger charge is -2.31. The summed E-state index contributed by atoms with van der Waals surface area (Å²) in [7, 11) is 0. The van der Waals surface area contributed by atoms with Crippen LogP contribution >= 0.6 is 34.7 Å². The van der Waals surface area contributed by atoms with Crippen LogP contribution in [0.25, 0.3) is 0 Å². The molecule has 12 nitrogen and oxygen atoms in total. The van der Waals surface area contributed by atoms with E-state index in [1.807, 2.05) is 0 Å². The van der Waals surface area contributed by atoms with Gasteiger partial charge in [-0.15, -0.1) is 0 Å². The molecular formula is C28H19ClN4O8S2. The minimum Gasteiger partial charge on any atom is -0.508 e. The third-order valence-electron chi connectivity index (χ3n) is 6.96. The fraction of sp³-hybridized carbons (Fsp3) is 0.143. The Hall–Kier alpha value is -4.66. The number of carbonyl (C=O) groups is 3. The summed E-state index contributed by atoms with van der Waals surface area (Å²) in [4.78, 5) is 67.2. The van der Waals surface area contributed by atoms with Crippen LogP contribution in [0.15, 0.2) is 76.6 Å². The number of anilines is 2. The number of thiazole rings is 1. The Morgan fingerprint density at radius 1 is 1.07 bits per heavy atom. The van der Waals surface area contributed by atoms with Crippen molar-refractivity contribution in [3.8, 4) is 11.5 Å². The van der Waals surface area contributed by atoms with E-state index in [1.54, 1.807) is 18.2 Å². The third kappa shape index (κ3) is 5.35. The number of nitrogens with one attached hydrogen (secondary N) is 2. The molecule has 2 aliphatic rings. The van der Waals surface area contributed by atoms with Gasteiger partial charge in [0.1, 0.15) is 16.7 Å². The molecule has 0 radical (unpaired) electrons. The van der Waals surface area contributed by atoms with Crippen LogP contribution in [0.1, 0.15) is 16.4 Å². The number of phenols is 1. The zero-order chi connectivity index (χ0) is 30.4. The second kappa shape index (κ2) is 11.2. The monoisotopic (exact) mass is 638 g/mol. The van der Waals surface area contributed by atoms with E-state index in [4.69, 9.17) is 16.3 Å². The SMILES string of the molecule is O=C(COc1ccc(Cl)cc1[C@@H]1c2sc(=O)[nH]c2S[C@H]2C(=O)N(c3ccc([N+](=O)[O-])cc3)C(=O)[C@@H]12)Nc1ccc(O)cc1. The molecule has 218 valence electrons. The molecule has 3 aromatic carbocycles. The first-order valence-electron chi connectivity index (χ1n) is 12.6. The number of aromatic hydroxyl groups is 1. The minimum atomic E-state index is -0.974. The van der Waals surface area contributed by atoms with Crippen LogP contribution in [0.2, 0.25) is 5.02 Å². The van der Waals surface area contributed by atoms with Crippen LogP contribution in [-0.4, -0.2) is 44.6 Å². The van der Waals surface area contributed by atoms with Gasteiger partial charge in [0.25, 0.3) is 11.6 Å². The minimum absolute atomic E-state index is 0.0440. The largest absolute Gasteiger partial charge is 0.508 e. The number of carbonyl (C=O) groups excluding carboxylic acids is 3. The van der Waals surface area contributed by atoms with Gasteiger partial charge < -0.3 is 20.1 Å². The third-order valence-corrected chi connectivity index (χ3v) is 9.60. The molecule has 0 bridgehead atoms. The number of benzene rings is 3. The topological polar surface area (TPSA) is 172 Å².